The van der Waals surface area contributed by atoms with Crippen molar-refractivity contribution in [3.8, 4) is 5.75 Å². The first-order valence-corrected chi connectivity index (χ1v) is 4.95. The zero-order chi connectivity index (χ0) is 10.1. The van der Waals surface area contributed by atoms with Crippen molar-refractivity contribution in [2.75, 3.05) is 30.4 Å². The summed E-state index contributed by atoms with van der Waals surface area (Å²) in [5.41, 5.74) is 2.18. The second-order valence-electron chi connectivity index (χ2n) is 4.07. The molecule has 0 aliphatic carbocycles. The first kappa shape index (κ1) is 9.19. The second kappa shape index (κ2) is 3.40. The fourth-order valence-corrected chi connectivity index (χ4v) is 1.90. The van der Waals surface area contributed by atoms with Gasteiger partial charge in [-0.25, -0.2) is 0 Å². The fourth-order valence-electron chi connectivity index (χ4n) is 1.90. The molecule has 0 fully saturated rings. The number of hydrogen-bond donors (Lipinski definition) is 2. The number of benzene rings is 1. The molecular formula is C11H16N2O. The molecule has 2 N–H and O–H groups in total. The maximum Gasteiger partial charge on any atom is 0.117 e. The highest BCUT2D eigenvalue weighted by molar-refractivity contribution is 5.72. The Morgan fingerprint density at radius 1 is 1.50 bits per heavy atom. The first-order chi connectivity index (χ1) is 6.66. The molecule has 1 aromatic rings. The average Bonchev–Trinajstić information content (AvgIpc) is 2.27. The Morgan fingerprint density at radius 2 is 2.29 bits per heavy atom. The number of phenols is 1. The summed E-state index contributed by atoms with van der Waals surface area (Å²) in [5.74, 6) is 0.946. The number of fused-ring (bicyclic) bond motifs is 1. The Morgan fingerprint density at radius 3 is 3.07 bits per heavy atom. The monoisotopic (exact) mass is 192 g/mol. The van der Waals surface area contributed by atoms with Gasteiger partial charge in [-0.3, -0.25) is 0 Å². The Bertz CT molecular complexity index is 338. The minimum absolute atomic E-state index is 0.326. The Kier molecular flexibility index (Phi) is 2.23. The van der Waals surface area contributed by atoms with E-state index in [1.54, 1.807) is 12.1 Å². The van der Waals surface area contributed by atoms with Crippen LogP contribution in [0.1, 0.15) is 6.92 Å². The van der Waals surface area contributed by atoms with Crippen molar-refractivity contribution in [1.82, 2.24) is 0 Å². The molecule has 1 atom stereocenters. The van der Waals surface area contributed by atoms with Gasteiger partial charge in [0.2, 0.25) is 0 Å². The van der Waals surface area contributed by atoms with Crippen LogP contribution < -0.4 is 10.2 Å². The molecule has 1 aliphatic rings. The summed E-state index contributed by atoms with van der Waals surface area (Å²) in [6.45, 7) is 4.22. The lowest BCUT2D eigenvalue weighted by Crippen LogP contribution is -2.23. The maximum absolute atomic E-state index is 9.41. The van der Waals surface area contributed by atoms with E-state index in [4.69, 9.17) is 0 Å². The molecule has 3 nitrogen and oxygen atoms in total. The standard InChI is InChI=1S/C11H16N2O/c1-8-6-12-10-4-3-9(14)5-11(10)13(2)7-8/h3-5,8,12,14H,6-7H2,1-2H3. The third-order valence-corrected chi connectivity index (χ3v) is 2.62. The molecule has 2 rings (SSSR count). The minimum Gasteiger partial charge on any atom is -0.508 e. The van der Waals surface area contributed by atoms with E-state index in [1.165, 1.54) is 0 Å². The van der Waals surface area contributed by atoms with Crippen LogP contribution in [-0.2, 0) is 0 Å². The Hall–Kier alpha value is -1.38. The summed E-state index contributed by atoms with van der Waals surface area (Å²) in [5, 5.41) is 12.8. The predicted octanol–water partition coefficient (Wildman–Crippen LogP) is 1.89. The van der Waals surface area contributed by atoms with Crippen LogP contribution in [0.15, 0.2) is 18.2 Å². The third kappa shape index (κ3) is 1.62. The molecule has 0 saturated carbocycles. The molecule has 0 bridgehead atoms. The molecule has 76 valence electrons. The van der Waals surface area contributed by atoms with Gasteiger partial charge in [-0.2, -0.15) is 0 Å². The van der Waals surface area contributed by atoms with Gasteiger partial charge in [0.1, 0.15) is 5.75 Å². The average molecular weight is 192 g/mol. The van der Waals surface area contributed by atoms with E-state index in [2.05, 4.69) is 24.2 Å². The SMILES string of the molecule is CC1CNc2ccc(O)cc2N(C)C1. The van der Waals surface area contributed by atoms with E-state index in [0.29, 0.717) is 11.7 Å². The van der Waals surface area contributed by atoms with Crippen LogP contribution in [0.25, 0.3) is 0 Å². The fraction of sp³-hybridized carbons (Fsp3) is 0.455. The van der Waals surface area contributed by atoms with Gasteiger partial charge in [0.25, 0.3) is 0 Å². The van der Waals surface area contributed by atoms with Crippen molar-refractivity contribution in [1.29, 1.82) is 0 Å². The molecular weight excluding hydrogens is 176 g/mol. The molecule has 0 spiro atoms. The van der Waals surface area contributed by atoms with Crippen molar-refractivity contribution in [2.24, 2.45) is 5.92 Å². The van der Waals surface area contributed by atoms with Gasteiger partial charge in [0.05, 0.1) is 11.4 Å². The predicted molar refractivity (Wildman–Crippen MR) is 59.0 cm³/mol. The van der Waals surface area contributed by atoms with E-state index in [0.717, 1.165) is 24.5 Å². The van der Waals surface area contributed by atoms with Gasteiger partial charge >= 0.3 is 0 Å². The third-order valence-electron chi connectivity index (χ3n) is 2.62. The van der Waals surface area contributed by atoms with Crippen LogP contribution >= 0.6 is 0 Å². The van der Waals surface area contributed by atoms with E-state index in [9.17, 15) is 5.11 Å². The molecule has 1 unspecified atom stereocenters. The molecule has 1 heterocycles. The summed E-state index contributed by atoms with van der Waals surface area (Å²) in [6, 6.07) is 5.45. The molecule has 0 aromatic heterocycles. The van der Waals surface area contributed by atoms with Crippen LogP contribution in [0.4, 0.5) is 11.4 Å². The topological polar surface area (TPSA) is 35.5 Å². The number of aromatic hydroxyl groups is 1. The highest BCUT2D eigenvalue weighted by atomic mass is 16.3. The summed E-state index contributed by atoms with van der Waals surface area (Å²) in [4.78, 5) is 2.18. The lowest BCUT2D eigenvalue weighted by Gasteiger charge is -2.20. The van der Waals surface area contributed by atoms with Crippen molar-refractivity contribution in [3.05, 3.63) is 18.2 Å². The summed E-state index contributed by atoms with van der Waals surface area (Å²) < 4.78 is 0. The number of phenolic OH excluding ortho intramolecular Hbond substituents is 1. The quantitative estimate of drug-likeness (QED) is 0.616. The van der Waals surface area contributed by atoms with Gasteiger partial charge in [-0.15, -0.1) is 0 Å². The van der Waals surface area contributed by atoms with Crippen LogP contribution in [0.2, 0.25) is 0 Å². The zero-order valence-electron chi connectivity index (χ0n) is 8.62. The lowest BCUT2D eigenvalue weighted by atomic mass is 10.2. The summed E-state index contributed by atoms with van der Waals surface area (Å²) >= 11 is 0. The van der Waals surface area contributed by atoms with Gasteiger partial charge in [-0.1, -0.05) is 6.92 Å². The van der Waals surface area contributed by atoms with Crippen molar-refractivity contribution in [2.45, 2.75) is 6.92 Å². The highest BCUT2D eigenvalue weighted by Crippen LogP contribution is 2.31. The Labute approximate surface area is 84.4 Å². The minimum atomic E-state index is 0.326. The number of hydrogen-bond acceptors (Lipinski definition) is 3. The summed E-state index contributed by atoms with van der Waals surface area (Å²) in [7, 11) is 2.06. The van der Waals surface area contributed by atoms with Crippen molar-refractivity contribution in [3.63, 3.8) is 0 Å². The van der Waals surface area contributed by atoms with E-state index in [-0.39, 0.29) is 0 Å². The molecule has 1 aliphatic heterocycles. The number of anilines is 2. The second-order valence-corrected chi connectivity index (χ2v) is 4.07. The van der Waals surface area contributed by atoms with Crippen LogP contribution in [0.3, 0.4) is 0 Å². The normalized spacial score (nSPS) is 21.0. The van der Waals surface area contributed by atoms with Gasteiger partial charge in [-0.05, 0) is 18.1 Å². The van der Waals surface area contributed by atoms with E-state index < -0.39 is 0 Å². The molecule has 0 saturated heterocycles. The maximum atomic E-state index is 9.41. The summed E-state index contributed by atoms with van der Waals surface area (Å²) in [6.07, 6.45) is 0. The molecule has 3 heteroatoms. The van der Waals surface area contributed by atoms with Gasteiger partial charge in [0.15, 0.2) is 0 Å². The molecule has 1 aromatic carbocycles. The van der Waals surface area contributed by atoms with Crippen LogP contribution in [0, 0.1) is 5.92 Å². The van der Waals surface area contributed by atoms with Gasteiger partial charge < -0.3 is 15.3 Å². The number of rotatable bonds is 0. The largest absolute Gasteiger partial charge is 0.508 e. The van der Waals surface area contributed by atoms with Crippen molar-refractivity contribution >= 4 is 11.4 Å². The number of nitrogens with one attached hydrogen (secondary N) is 1. The van der Waals surface area contributed by atoms with Crippen LogP contribution in [-0.4, -0.2) is 25.2 Å². The van der Waals surface area contributed by atoms with E-state index in [1.807, 2.05) is 6.07 Å². The molecule has 14 heavy (non-hydrogen) atoms. The van der Waals surface area contributed by atoms with Crippen LogP contribution in [0.5, 0.6) is 5.75 Å². The molecule has 0 radical (unpaired) electrons. The lowest BCUT2D eigenvalue weighted by molar-refractivity contribution is 0.475. The smallest absolute Gasteiger partial charge is 0.117 e. The first-order valence-electron chi connectivity index (χ1n) is 4.95. The van der Waals surface area contributed by atoms with E-state index >= 15 is 0 Å². The molecule has 0 amide bonds. The van der Waals surface area contributed by atoms with Crippen molar-refractivity contribution < 1.29 is 5.11 Å². The zero-order valence-corrected chi connectivity index (χ0v) is 8.62. The Balaban J connectivity index is 2.39. The highest BCUT2D eigenvalue weighted by Gasteiger charge is 2.16. The van der Waals surface area contributed by atoms with Gasteiger partial charge in [0, 0.05) is 26.2 Å². The number of nitrogens with zero attached hydrogens (tertiary/aromatic N) is 1.